The van der Waals surface area contributed by atoms with Gasteiger partial charge in [0.1, 0.15) is 5.69 Å². The van der Waals surface area contributed by atoms with E-state index in [0.29, 0.717) is 12.2 Å². The maximum atomic E-state index is 10.8. The Hall–Kier alpha value is -1.10. The zero-order chi connectivity index (χ0) is 12.3. The molecule has 88 valence electrons. The summed E-state index contributed by atoms with van der Waals surface area (Å²) in [6.45, 7) is 6.90. The number of hydrogen-bond donors (Lipinski definition) is 1. The number of rotatable bonds is 3. The second-order valence-corrected chi connectivity index (χ2v) is 5.75. The van der Waals surface area contributed by atoms with Gasteiger partial charge in [-0.05, 0) is 17.5 Å². The summed E-state index contributed by atoms with van der Waals surface area (Å²) >= 11 is 3.30. The van der Waals surface area contributed by atoms with Crippen LogP contribution in [0, 0.1) is 15.5 Å². The molecular formula is C11H15BrN2O2. The molecule has 0 saturated carbocycles. The molecule has 0 aliphatic heterocycles. The lowest BCUT2D eigenvalue weighted by Gasteiger charge is -2.19. The molecule has 0 atom stereocenters. The van der Waals surface area contributed by atoms with Crippen LogP contribution in [0.5, 0.6) is 0 Å². The van der Waals surface area contributed by atoms with Crippen molar-refractivity contribution in [2.75, 3.05) is 11.9 Å². The van der Waals surface area contributed by atoms with E-state index in [1.807, 2.05) is 0 Å². The molecular weight excluding hydrogens is 272 g/mol. The average Bonchev–Trinajstić information content (AvgIpc) is 2.13. The summed E-state index contributed by atoms with van der Waals surface area (Å²) in [5.74, 6) is 0. The molecule has 16 heavy (non-hydrogen) atoms. The fourth-order valence-corrected chi connectivity index (χ4v) is 1.53. The van der Waals surface area contributed by atoms with Crippen molar-refractivity contribution < 1.29 is 4.92 Å². The van der Waals surface area contributed by atoms with Crippen molar-refractivity contribution in [1.82, 2.24) is 0 Å². The van der Waals surface area contributed by atoms with Crippen molar-refractivity contribution in [3.8, 4) is 0 Å². The summed E-state index contributed by atoms with van der Waals surface area (Å²) in [5, 5.41) is 13.9. The molecule has 1 rings (SSSR count). The van der Waals surface area contributed by atoms with E-state index in [0.717, 1.165) is 4.47 Å². The first-order valence-corrected chi connectivity index (χ1v) is 5.77. The number of halogens is 1. The van der Waals surface area contributed by atoms with Crippen LogP contribution in [0.15, 0.2) is 22.7 Å². The summed E-state index contributed by atoms with van der Waals surface area (Å²) < 4.78 is 0.828. The van der Waals surface area contributed by atoms with Crippen LogP contribution in [0.1, 0.15) is 20.8 Å². The van der Waals surface area contributed by atoms with Crippen LogP contribution in [-0.2, 0) is 0 Å². The van der Waals surface area contributed by atoms with Crippen molar-refractivity contribution in [3.05, 3.63) is 32.8 Å². The van der Waals surface area contributed by atoms with Gasteiger partial charge in [-0.3, -0.25) is 10.1 Å². The molecule has 1 N–H and O–H groups in total. The Morgan fingerprint density at radius 3 is 2.56 bits per heavy atom. The van der Waals surface area contributed by atoms with E-state index in [1.165, 1.54) is 6.07 Å². The van der Waals surface area contributed by atoms with Gasteiger partial charge >= 0.3 is 0 Å². The molecule has 1 aromatic rings. The molecule has 0 spiro atoms. The maximum absolute atomic E-state index is 10.8. The van der Waals surface area contributed by atoms with E-state index in [2.05, 4.69) is 42.0 Å². The summed E-state index contributed by atoms with van der Waals surface area (Å²) in [5.41, 5.74) is 0.734. The van der Waals surface area contributed by atoms with Crippen LogP contribution < -0.4 is 5.32 Å². The van der Waals surface area contributed by atoms with E-state index in [4.69, 9.17) is 0 Å². The van der Waals surface area contributed by atoms with Crippen LogP contribution in [0.2, 0.25) is 0 Å². The maximum Gasteiger partial charge on any atom is 0.292 e. The molecule has 0 fully saturated rings. The van der Waals surface area contributed by atoms with E-state index < -0.39 is 0 Å². The zero-order valence-corrected chi connectivity index (χ0v) is 11.2. The van der Waals surface area contributed by atoms with E-state index in [-0.39, 0.29) is 16.0 Å². The van der Waals surface area contributed by atoms with E-state index in [1.54, 1.807) is 12.1 Å². The van der Waals surface area contributed by atoms with E-state index >= 15 is 0 Å². The highest BCUT2D eigenvalue weighted by molar-refractivity contribution is 9.10. The first kappa shape index (κ1) is 13.0. The van der Waals surface area contributed by atoms with Gasteiger partial charge in [-0.25, -0.2) is 0 Å². The summed E-state index contributed by atoms with van der Waals surface area (Å²) in [6.07, 6.45) is 0. The molecule has 0 aliphatic rings. The number of benzene rings is 1. The lowest BCUT2D eigenvalue weighted by atomic mass is 9.97. The minimum atomic E-state index is -0.378. The quantitative estimate of drug-likeness (QED) is 0.679. The number of nitro groups is 1. The first-order valence-electron chi connectivity index (χ1n) is 4.97. The van der Waals surface area contributed by atoms with Crippen molar-refractivity contribution in [2.45, 2.75) is 20.8 Å². The largest absolute Gasteiger partial charge is 0.379 e. The monoisotopic (exact) mass is 286 g/mol. The zero-order valence-electron chi connectivity index (χ0n) is 9.58. The normalized spacial score (nSPS) is 11.2. The lowest BCUT2D eigenvalue weighted by Crippen LogP contribution is -2.19. The third-order valence-electron chi connectivity index (χ3n) is 1.96. The highest BCUT2D eigenvalue weighted by atomic mass is 79.9. The molecule has 0 saturated heterocycles. The molecule has 0 radical (unpaired) electrons. The van der Waals surface area contributed by atoms with Gasteiger partial charge < -0.3 is 5.32 Å². The summed E-state index contributed by atoms with van der Waals surface area (Å²) in [7, 11) is 0. The van der Waals surface area contributed by atoms with Crippen molar-refractivity contribution in [2.24, 2.45) is 5.41 Å². The van der Waals surface area contributed by atoms with Gasteiger partial charge in [0.15, 0.2) is 0 Å². The molecule has 5 heteroatoms. The molecule has 4 nitrogen and oxygen atoms in total. The minimum Gasteiger partial charge on any atom is -0.379 e. The van der Waals surface area contributed by atoms with Crippen molar-refractivity contribution in [1.29, 1.82) is 0 Å². The molecule has 0 bridgehead atoms. The van der Waals surface area contributed by atoms with Gasteiger partial charge in [0, 0.05) is 17.1 Å². The first-order chi connectivity index (χ1) is 7.29. The Kier molecular flexibility index (Phi) is 3.91. The third kappa shape index (κ3) is 3.81. The number of nitrogens with one attached hydrogen (secondary N) is 1. The average molecular weight is 287 g/mol. The Labute approximate surface area is 103 Å². The van der Waals surface area contributed by atoms with Crippen LogP contribution in [0.25, 0.3) is 0 Å². The molecule has 0 aliphatic carbocycles. The Bertz CT molecular complexity index is 399. The second-order valence-electron chi connectivity index (χ2n) is 4.83. The predicted molar refractivity (Wildman–Crippen MR) is 68.7 cm³/mol. The lowest BCUT2D eigenvalue weighted by molar-refractivity contribution is -0.384. The van der Waals surface area contributed by atoms with E-state index in [9.17, 15) is 10.1 Å². The number of hydrogen-bond acceptors (Lipinski definition) is 3. The van der Waals surface area contributed by atoms with Crippen LogP contribution in [-0.4, -0.2) is 11.5 Å². The predicted octanol–water partition coefficient (Wildman–Crippen LogP) is 3.82. The second kappa shape index (κ2) is 4.82. The molecule has 0 heterocycles. The van der Waals surface area contributed by atoms with Gasteiger partial charge in [-0.2, -0.15) is 0 Å². The van der Waals surface area contributed by atoms with Gasteiger partial charge in [-0.15, -0.1) is 0 Å². The van der Waals surface area contributed by atoms with Crippen molar-refractivity contribution in [3.63, 3.8) is 0 Å². The number of anilines is 1. The summed E-state index contributed by atoms with van der Waals surface area (Å²) in [6, 6.07) is 4.89. The van der Waals surface area contributed by atoms with Gasteiger partial charge in [-0.1, -0.05) is 36.7 Å². The summed E-state index contributed by atoms with van der Waals surface area (Å²) in [4.78, 5) is 10.4. The topological polar surface area (TPSA) is 55.2 Å². The van der Waals surface area contributed by atoms with Crippen LogP contribution in [0.4, 0.5) is 11.4 Å². The molecule has 0 amide bonds. The van der Waals surface area contributed by atoms with Crippen molar-refractivity contribution >= 4 is 27.3 Å². The third-order valence-corrected chi connectivity index (χ3v) is 2.46. The van der Waals surface area contributed by atoms with Gasteiger partial charge in [0.05, 0.1) is 4.92 Å². The number of nitrogens with zero attached hydrogens (tertiary/aromatic N) is 1. The SMILES string of the molecule is CC(C)(C)CNc1cc(Br)ccc1[N+](=O)[O-]. The fourth-order valence-electron chi connectivity index (χ4n) is 1.17. The van der Waals surface area contributed by atoms with Gasteiger partial charge in [0.2, 0.25) is 0 Å². The smallest absolute Gasteiger partial charge is 0.292 e. The molecule has 0 unspecified atom stereocenters. The Morgan fingerprint density at radius 1 is 1.44 bits per heavy atom. The fraction of sp³-hybridized carbons (Fsp3) is 0.455. The van der Waals surface area contributed by atoms with Crippen LogP contribution in [0.3, 0.4) is 0 Å². The van der Waals surface area contributed by atoms with Crippen LogP contribution >= 0.6 is 15.9 Å². The van der Waals surface area contributed by atoms with Gasteiger partial charge in [0.25, 0.3) is 5.69 Å². The molecule has 0 aromatic heterocycles. The standard InChI is InChI=1S/C11H15BrN2O2/c1-11(2,3)7-13-9-6-8(12)4-5-10(9)14(15)16/h4-6,13H,7H2,1-3H3. The minimum absolute atomic E-state index is 0.0795. The highest BCUT2D eigenvalue weighted by Gasteiger charge is 2.16. The number of nitro benzene ring substituents is 1. The Balaban J connectivity index is 2.93. The highest BCUT2D eigenvalue weighted by Crippen LogP contribution is 2.28. The molecule has 1 aromatic carbocycles. The Morgan fingerprint density at radius 2 is 2.06 bits per heavy atom.